The van der Waals surface area contributed by atoms with Crippen molar-refractivity contribution in [2.24, 2.45) is 0 Å². The molecule has 5 heteroatoms. The molecule has 4 rings (SSSR count). The van der Waals surface area contributed by atoms with Crippen LogP contribution in [0.5, 0.6) is 5.75 Å². The van der Waals surface area contributed by atoms with E-state index in [0.29, 0.717) is 6.04 Å². The maximum atomic E-state index is 12.6. The number of methoxy groups -OCH3 is 1. The predicted molar refractivity (Wildman–Crippen MR) is 121 cm³/mol. The van der Waals surface area contributed by atoms with E-state index in [1.54, 1.807) is 18.6 Å². The summed E-state index contributed by atoms with van der Waals surface area (Å²) in [5.41, 5.74) is 2.98. The van der Waals surface area contributed by atoms with Gasteiger partial charge in [-0.25, -0.2) is 0 Å². The third-order valence-electron chi connectivity index (χ3n) is 6.02. The second kappa shape index (κ2) is 9.14. The first-order chi connectivity index (χ1) is 14.2. The van der Waals surface area contributed by atoms with Crippen molar-refractivity contribution >= 4 is 21.6 Å². The predicted octanol–water partition coefficient (Wildman–Crippen LogP) is 4.73. The average molecular weight is 411 g/mol. The van der Waals surface area contributed by atoms with Gasteiger partial charge < -0.3 is 4.74 Å². The molecule has 29 heavy (non-hydrogen) atoms. The minimum atomic E-state index is 0.156. The molecule has 0 radical (unpaired) electrons. The van der Waals surface area contributed by atoms with E-state index < -0.39 is 0 Å². The van der Waals surface area contributed by atoms with Gasteiger partial charge in [0.05, 0.1) is 17.2 Å². The number of aryl methyl sites for hydroxylation is 2. The summed E-state index contributed by atoms with van der Waals surface area (Å²) in [6.45, 7) is 5.19. The molecular weight excluding hydrogens is 380 g/mol. The number of hydrogen-bond donors (Lipinski definition) is 0. The van der Waals surface area contributed by atoms with Gasteiger partial charge in [0.15, 0.2) is 0 Å². The number of hydrogen-bond acceptors (Lipinski definition) is 4. The minimum absolute atomic E-state index is 0.156. The van der Waals surface area contributed by atoms with Crippen molar-refractivity contribution in [1.82, 2.24) is 8.86 Å². The highest BCUT2D eigenvalue weighted by Crippen LogP contribution is 2.31. The third-order valence-corrected chi connectivity index (χ3v) is 7.14. The summed E-state index contributed by atoms with van der Waals surface area (Å²) >= 11 is 1.59. The largest absolute Gasteiger partial charge is 0.496 e. The monoisotopic (exact) mass is 410 g/mol. The second-order valence-electron chi connectivity index (χ2n) is 7.88. The van der Waals surface area contributed by atoms with Crippen LogP contribution in [0.1, 0.15) is 37.3 Å². The summed E-state index contributed by atoms with van der Waals surface area (Å²) in [5, 5.41) is 0.846. The molecule has 0 bridgehead atoms. The summed E-state index contributed by atoms with van der Waals surface area (Å²) in [7, 11) is 1.77. The molecule has 0 N–H and O–H groups in total. The SMILES string of the molecule is CCCN(CCCn1sc2ccccc2c1=O)C1CCc2cccc(OC)c2C1. The smallest absolute Gasteiger partial charge is 0.268 e. The molecule has 1 aromatic heterocycles. The first-order valence-corrected chi connectivity index (χ1v) is 11.5. The van der Waals surface area contributed by atoms with Crippen molar-refractivity contribution in [1.29, 1.82) is 0 Å². The molecule has 1 aliphatic rings. The Morgan fingerprint density at radius 2 is 2.03 bits per heavy atom. The number of aromatic nitrogens is 1. The van der Waals surface area contributed by atoms with E-state index in [1.807, 2.05) is 28.2 Å². The maximum absolute atomic E-state index is 12.6. The Balaban J connectivity index is 1.43. The lowest BCUT2D eigenvalue weighted by Gasteiger charge is -2.35. The summed E-state index contributed by atoms with van der Waals surface area (Å²) in [6.07, 6.45) is 5.53. The Hall–Kier alpha value is -2.11. The molecule has 3 aromatic rings. The fraction of sp³-hybridized carbons (Fsp3) is 0.458. The first-order valence-electron chi connectivity index (χ1n) is 10.7. The Kier molecular flexibility index (Phi) is 6.36. The molecule has 0 saturated carbocycles. The molecule has 1 atom stereocenters. The van der Waals surface area contributed by atoms with Crippen LogP contribution in [0.4, 0.5) is 0 Å². The Bertz CT molecular complexity index is 1010. The van der Waals surface area contributed by atoms with E-state index >= 15 is 0 Å². The van der Waals surface area contributed by atoms with Gasteiger partial charge in [0.2, 0.25) is 0 Å². The van der Waals surface area contributed by atoms with Gasteiger partial charge in [-0.15, -0.1) is 0 Å². The van der Waals surface area contributed by atoms with Crippen molar-refractivity contribution in [3.05, 3.63) is 63.9 Å². The van der Waals surface area contributed by atoms with E-state index in [1.165, 1.54) is 17.5 Å². The molecule has 0 aliphatic heterocycles. The Morgan fingerprint density at radius 1 is 1.17 bits per heavy atom. The highest BCUT2D eigenvalue weighted by molar-refractivity contribution is 7.13. The summed E-state index contributed by atoms with van der Waals surface area (Å²) in [5.74, 6) is 1.03. The van der Waals surface area contributed by atoms with Crippen LogP contribution in [0.25, 0.3) is 10.1 Å². The van der Waals surface area contributed by atoms with Gasteiger partial charge >= 0.3 is 0 Å². The quantitative estimate of drug-likeness (QED) is 0.538. The molecular formula is C24H30N2O2S. The van der Waals surface area contributed by atoms with Crippen molar-refractivity contribution in [3.63, 3.8) is 0 Å². The Morgan fingerprint density at radius 3 is 2.83 bits per heavy atom. The minimum Gasteiger partial charge on any atom is -0.496 e. The molecule has 0 saturated heterocycles. The van der Waals surface area contributed by atoms with Crippen LogP contribution in [0.15, 0.2) is 47.3 Å². The van der Waals surface area contributed by atoms with Gasteiger partial charge in [-0.1, -0.05) is 42.7 Å². The Labute approximate surface area is 176 Å². The van der Waals surface area contributed by atoms with Gasteiger partial charge in [-0.3, -0.25) is 13.7 Å². The van der Waals surface area contributed by atoms with Crippen molar-refractivity contribution in [2.45, 2.75) is 51.6 Å². The molecule has 154 valence electrons. The van der Waals surface area contributed by atoms with E-state index in [9.17, 15) is 4.79 Å². The summed E-state index contributed by atoms with van der Waals surface area (Å²) in [4.78, 5) is 15.2. The van der Waals surface area contributed by atoms with Crippen LogP contribution in [0, 0.1) is 0 Å². The summed E-state index contributed by atoms with van der Waals surface area (Å²) < 4.78 is 8.63. The number of ether oxygens (including phenoxy) is 1. The normalized spacial score (nSPS) is 16.3. The molecule has 0 amide bonds. The van der Waals surface area contributed by atoms with E-state index in [2.05, 4.69) is 30.0 Å². The molecule has 0 fully saturated rings. The third kappa shape index (κ3) is 4.26. The number of fused-ring (bicyclic) bond motifs is 2. The molecule has 1 aliphatic carbocycles. The van der Waals surface area contributed by atoms with Crippen molar-refractivity contribution < 1.29 is 4.74 Å². The zero-order valence-corrected chi connectivity index (χ0v) is 18.2. The molecule has 1 heterocycles. The zero-order chi connectivity index (χ0) is 20.2. The second-order valence-corrected chi connectivity index (χ2v) is 8.94. The highest BCUT2D eigenvalue weighted by atomic mass is 32.1. The average Bonchev–Trinajstić information content (AvgIpc) is 3.08. The van der Waals surface area contributed by atoms with Gasteiger partial charge in [0.1, 0.15) is 5.75 Å². The molecule has 1 unspecified atom stereocenters. The van der Waals surface area contributed by atoms with Crippen LogP contribution in [-0.2, 0) is 19.4 Å². The van der Waals surface area contributed by atoms with Gasteiger partial charge in [0, 0.05) is 19.1 Å². The van der Waals surface area contributed by atoms with E-state index in [-0.39, 0.29) is 5.56 Å². The lowest BCUT2D eigenvalue weighted by atomic mass is 9.86. The van der Waals surface area contributed by atoms with Crippen molar-refractivity contribution in [2.75, 3.05) is 20.2 Å². The number of benzene rings is 2. The van der Waals surface area contributed by atoms with Crippen LogP contribution in [0.3, 0.4) is 0 Å². The lowest BCUT2D eigenvalue weighted by molar-refractivity contribution is 0.174. The van der Waals surface area contributed by atoms with Gasteiger partial charge in [0.25, 0.3) is 5.56 Å². The standard InChI is InChI=1S/C24H30N2O2S/c1-3-14-25(19-13-12-18-8-6-10-22(28-2)21(18)17-19)15-7-16-26-24(27)20-9-4-5-11-23(20)29-26/h4-6,8-11,19H,3,7,12-17H2,1-2H3. The van der Waals surface area contributed by atoms with Gasteiger partial charge in [-0.2, -0.15) is 0 Å². The van der Waals surface area contributed by atoms with Crippen LogP contribution < -0.4 is 10.3 Å². The van der Waals surface area contributed by atoms with E-state index in [0.717, 1.165) is 61.2 Å². The summed E-state index contributed by atoms with van der Waals surface area (Å²) in [6, 6.07) is 14.9. The fourth-order valence-corrected chi connectivity index (χ4v) is 5.62. The topological polar surface area (TPSA) is 34.5 Å². The maximum Gasteiger partial charge on any atom is 0.268 e. The van der Waals surface area contributed by atoms with Crippen LogP contribution in [-0.4, -0.2) is 35.1 Å². The van der Waals surface area contributed by atoms with Crippen LogP contribution >= 0.6 is 11.5 Å². The zero-order valence-electron chi connectivity index (χ0n) is 17.4. The van der Waals surface area contributed by atoms with Crippen molar-refractivity contribution in [3.8, 4) is 5.75 Å². The number of nitrogens with zero attached hydrogens (tertiary/aromatic N) is 2. The van der Waals surface area contributed by atoms with E-state index in [4.69, 9.17) is 4.74 Å². The molecule has 0 spiro atoms. The first kappa shape index (κ1) is 20.2. The lowest BCUT2D eigenvalue weighted by Crippen LogP contribution is -2.41. The van der Waals surface area contributed by atoms with Crippen LogP contribution in [0.2, 0.25) is 0 Å². The fourth-order valence-electron chi connectivity index (χ4n) is 4.59. The number of rotatable bonds is 8. The highest BCUT2D eigenvalue weighted by Gasteiger charge is 2.25. The molecule has 4 nitrogen and oxygen atoms in total. The van der Waals surface area contributed by atoms with Gasteiger partial charge in [-0.05, 0) is 68.0 Å². The molecule has 2 aromatic carbocycles.